The molecule has 21 nitrogen and oxygen atoms in total. The number of carboxylic acids is 1. The van der Waals surface area contributed by atoms with Crippen molar-refractivity contribution in [1.82, 2.24) is 60.8 Å². The van der Waals surface area contributed by atoms with Crippen LogP contribution in [-0.2, 0) is 38.4 Å². The van der Waals surface area contributed by atoms with Gasteiger partial charge in [-0.3, -0.25) is 19.2 Å². The number of nitrogens with two attached hydrogens (primary N) is 1. The summed E-state index contributed by atoms with van der Waals surface area (Å²) in [5.74, 6) is -6.34. The molecule has 0 saturated carbocycles. The number of fused-ring (bicyclic) bond motifs is 6. The number of aromatic nitrogens is 9. The van der Waals surface area contributed by atoms with Gasteiger partial charge in [0.1, 0.15) is 53.0 Å². The number of carbonyl (C=O) groups excluding carboxylic acids is 5. The molecule has 0 aliphatic rings. The molecule has 0 fully saturated rings. The van der Waals surface area contributed by atoms with Crippen molar-refractivity contribution < 1.29 is 65.0 Å². The van der Waals surface area contributed by atoms with Gasteiger partial charge < -0.3 is 46.5 Å². The monoisotopic (exact) mass is 1660 g/mol. The van der Waals surface area contributed by atoms with E-state index in [4.69, 9.17) is 40.4 Å². The van der Waals surface area contributed by atoms with E-state index >= 15 is 0 Å². The summed E-state index contributed by atoms with van der Waals surface area (Å²) in [4.78, 5) is 115. The van der Waals surface area contributed by atoms with E-state index in [0.717, 1.165) is 49.4 Å². The van der Waals surface area contributed by atoms with Crippen molar-refractivity contribution in [3.8, 4) is 67.5 Å². The Morgan fingerprint density at radius 1 is 0.331 bits per heavy atom. The summed E-state index contributed by atoms with van der Waals surface area (Å²) in [7, 11) is 1.28. The van der Waals surface area contributed by atoms with E-state index < -0.39 is 77.0 Å². The molecule has 4 amide bonds. The smallest absolute Gasteiger partial charge is 0.328 e. The number of nitrogens with zero attached hydrogens (tertiary/aromatic N) is 6. The van der Waals surface area contributed by atoms with Gasteiger partial charge in [-0.1, -0.05) is 54.6 Å². The molecule has 612 valence electrons. The Balaban J connectivity index is 0.000000137. The van der Waals surface area contributed by atoms with Gasteiger partial charge in [0.2, 0.25) is 5.91 Å². The Morgan fingerprint density at radius 2 is 0.573 bits per heavy atom. The minimum atomic E-state index is -1.17. The van der Waals surface area contributed by atoms with Gasteiger partial charge >= 0.3 is 11.9 Å². The lowest BCUT2D eigenvalue weighted by Crippen LogP contribution is -2.45. The highest BCUT2D eigenvalue weighted by molar-refractivity contribution is 6.03. The molecule has 18 rings (SSSR count). The van der Waals surface area contributed by atoms with E-state index in [1.54, 1.807) is 134 Å². The average molecular weight is 1660 g/mol. The highest BCUT2D eigenvalue weighted by atomic mass is 19.1. The standard InChI is InChI=1S/C33H24F2N4O3.C32H23F2N5O2.C32H22F2N4O3/c1-42-33(41)29(17-22-18-36-26-5-3-2-4-25(22)26)39-32(40)21-10-15-27-28(16-21)38-31(20-8-13-24(35)14-9-20)30(37-27)19-6-11-23(34)12-7-19;33-22-10-5-18(6-11-22)29-30(19-7-12-23(34)13-8-19)38-27-15-20(9-14-26(27)37-29)32(41)39-28(31(35)40)16-21-17-36-25-4-2-1-3-24(21)25;33-22-10-5-18(6-11-22)29-30(19-7-12-23(34)13-8-19)37-27-15-20(9-14-26(27)36-29)31(39)38-28(32(40)41)16-21-17-35-25-4-2-1-3-24(21)25/h2-16,18,29,36H,17H2,1H3,(H,39,40);1-15,17,28,36H,16H2,(H2,35,40)(H,39,41);1-15,17,28,35H,16H2,(H,38,39)(H,40,41)/t29-;2*28-/m000/s1. The zero-order chi connectivity index (χ0) is 86.2. The summed E-state index contributed by atoms with van der Waals surface area (Å²) in [6.07, 6.45) is 5.89. The van der Waals surface area contributed by atoms with E-state index in [0.29, 0.717) is 101 Å². The third kappa shape index (κ3) is 18.1. The summed E-state index contributed by atoms with van der Waals surface area (Å²) in [6, 6.07) is 69.0. The molecule has 12 aromatic carbocycles. The lowest BCUT2D eigenvalue weighted by Gasteiger charge is -2.17. The van der Waals surface area contributed by atoms with E-state index in [2.05, 4.69) is 30.9 Å². The lowest BCUT2D eigenvalue weighted by atomic mass is 10.0. The summed E-state index contributed by atoms with van der Waals surface area (Å²) in [6.45, 7) is 0. The molecule has 0 aliphatic carbocycles. The first-order valence-corrected chi connectivity index (χ1v) is 38.8. The largest absolute Gasteiger partial charge is 0.480 e. The van der Waals surface area contributed by atoms with Crippen LogP contribution in [0.1, 0.15) is 47.8 Å². The maximum atomic E-state index is 13.7. The van der Waals surface area contributed by atoms with Crippen LogP contribution in [0, 0.1) is 34.9 Å². The number of amides is 4. The topological polar surface area (TPSA) is 319 Å². The minimum absolute atomic E-state index is 0.0915. The van der Waals surface area contributed by atoms with Crippen molar-refractivity contribution in [3.63, 3.8) is 0 Å². The Bertz CT molecular complexity index is 6840. The first-order valence-electron chi connectivity index (χ1n) is 38.8. The molecule has 3 atom stereocenters. The number of nitrogens with one attached hydrogen (secondary N) is 6. The summed E-state index contributed by atoms with van der Waals surface area (Å²) < 4.78 is 86.8. The quantitative estimate of drug-likeness (QED) is 0.0245. The van der Waals surface area contributed by atoms with Crippen LogP contribution in [0.5, 0.6) is 0 Å². The molecule has 0 saturated heterocycles. The maximum absolute atomic E-state index is 13.7. The summed E-state index contributed by atoms with van der Waals surface area (Å²) >= 11 is 0. The molecule has 0 aliphatic heterocycles. The van der Waals surface area contributed by atoms with Crippen molar-refractivity contribution in [2.45, 2.75) is 37.4 Å². The molecule has 0 unspecified atom stereocenters. The number of aliphatic carboxylic acids is 1. The average Bonchev–Trinajstić information content (AvgIpc) is 1.27. The van der Waals surface area contributed by atoms with E-state index in [-0.39, 0.29) is 47.6 Å². The molecule has 0 spiro atoms. The number of carboxylic acid groups (broad SMARTS) is 1. The number of benzene rings is 12. The predicted octanol–water partition coefficient (Wildman–Crippen LogP) is 17.9. The van der Waals surface area contributed by atoms with Crippen LogP contribution >= 0.6 is 0 Å². The number of aromatic amines is 3. The van der Waals surface area contributed by atoms with Gasteiger partial charge in [0.05, 0.1) is 74.4 Å². The van der Waals surface area contributed by atoms with Crippen molar-refractivity contribution in [2.75, 3.05) is 7.11 Å². The SMILES string of the molecule is COC(=O)[C@H](Cc1c[nH]c2ccccc12)NC(=O)c1ccc2nc(-c3ccc(F)cc3)c(-c3ccc(F)cc3)nc2c1.NC(=O)[C@H](Cc1c[nH]c2ccccc12)NC(=O)c1ccc2nc(-c3ccc(F)cc3)c(-c3ccc(F)cc3)nc2c1.O=C(N[C@@H](Cc1c[nH]c2ccccc12)C(=O)O)c1ccc2nc(-c3ccc(F)cc3)c(-c3ccc(F)cc3)nc2c1. The Labute approximate surface area is 701 Å². The first-order chi connectivity index (χ1) is 60.1. The number of methoxy groups -OCH3 is 1. The Hall–Kier alpha value is -16.3. The van der Waals surface area contributed by atoms with Crippen LogP contribution in [0.3, 0.4) is 0 Å². The number of carbonyl (C=O) groups is 6. The molecule has 6 heterocycles. The van der Waals surface area contributed by atoms with Crippen LogP contribution in [-0.4, -0.2) is 111 Å². The van der Waals surface area contributed by atoms with E-state index in [9.17, 15) is 60.2 Å². The van der Waals surface area contributed by atoms with Crippen LogP contribution in [0.25, 0.3) is 133 Å². The van der Waals surface area contributed by atoms with Crippen LogP contribution < -0.4 is 21.7 Å². The van der Waals surface area contributed by atoms with Gasteiger partial charge in [0.25, 0.3) is 17.7 Å². The first kappa shape index (κ1) is 81.4. The molecule has 6 aromatic heterocycles. The molecule has 27 heteroatoms. The molecular weight excluding hydrogens is 1590 g/mol. The zero-order valence-corrected chi connectivity index (χ0v) is 65.4. The van der Waals surface area contributed by atoms with Gasteiger partial charge in [0, 0.05) is 121 Å². The number of hydrogen-bond acceptors (Lipinski definition) is 13. The third-order valence-corrected chi connectivity index (χ3v) is 20.8. The Morgan fingerprint density at radius 3 is 0.839 bits per heavy atom. The fourth-order valence-corrected chi connectivity index (χ4v) is 14.5. The van der Waals surface area contributed by atoms with Crippen LogP contribution in [0.4, 0.5) is 26.3 Å². The molecular formula is C97H69F6N13O8. The second-order valence-electron chi connectivity index (χ2n) is 28.9. The van der Waals surface area contributed by atoms with Crippen molar-refractivity contribution >= 4 is 101 Å². The van der Waals surface area contributed by atoms with E-state index in [1.165, 1.54) is 86.0 Å². The number of primary amides is 1. The molecule has 18 aromatic rings. The fraction of sp³-hybridized carbons (Fsp3) is 0.0722. The van der Waals surface area contributed by atoms with Gasteiger partial charge in [-0.05, 0) is 235 Å². The second-order valence-corrected chi connectivity index (χ2v) is 28.9. The summed E-state index contributed by atoms with van der Waals surface area (Å²) in [5, 5.41) is 20.8. The predicted molar refractivity (Wildman–Crippen MR) is 460 cm³/mol. The molecule has 124 heavy (non-hydrogen) atoms. The van der Waals surface area contributed by atoms with Crippen molar-refractivity contribution in [2.24, 2.45) is 5.73 Å². The Kier molecular flexibility index (Phi) is 23.4. The maximum Gasteiger partial charge on any atom is 0.328 e. The van der Waals surface area contributed by atoms with Crippen LogP contribution in [0.15, 0.2) is 292 Å². The molecule has 9 N–H and O–H groups in total. The number of rotatable bonds is 21. The highest BCUT2D eigenvalue weighted by Gasteiger charge is 2.28. The highest BCUT2D eigenvalue weighted by Crippen LogP contribution is 2.37. The van der Waals surface area contributed by atoms with Gasteiger partial charge in [-0.15, -0.1) is 0 Å². The van der Waals surface area contributed by atoms with E-state index in [1.807, 2.05) is 79.0 Å². The number of halogens is 6. The summed E-state index contributed by atoms with van der Waals surface area (Å²) in [5.41, 5.74) is 20.7. The number of H-pyrrole nitrogens is 3. The molecule has 0 radical (unpaired) electrons. The van der Waals surface area contributed by atoms with Crippen LogP contribution in [0.2, 0.25) is 0 Å². The van der Waals surface area contributed by atoms with Gasteiger partial charge in [-0.25, -0.2) is 65.8 Å². The number of esters is 1. The zero-order valence-electron chi connectivity index (χ0n) is 65.4. The number of ether oxygens (including phenoxy) is 1. The van der Waals surface area contributed by atoms with Gasteiger partial charge in [-0.2, -0.15) is 0 Å². The number of hydrogen-bond donors (Lipinski definition) is 8. The van der Waals surface area contributed by atoms with Crippen molar-refractivity contribution in [1.29, 1.82) is 0 Å². The van der Waals surface area contributed by atoms with Crippen molar-refractivity contribution in [3.05, 3.63) is 360 Å². The fourth-order valence-electron chi connectivity index (χ4n) is 14.5. The second kappa shape index (κ2) is 35.7. The lowest BCUT2D eigenvalue weighted by molar-refractivity contribution is -0.143. The normalized spacial score (nSPS) is 11.9. The number of para-hydroxylation sites is 3. The minimum Gasteiger partial charge on any atom is -0.480 e. The van der Waals surface area contributed by atoms with Gasteiger partial charge in [0.15, 0.2) is 0 Å². The molecule has 0 bridgehead atoms. The third-order valence-electron chi connectivity index (χ3n) is 20.8.